The number of allylic oxidation sites excluding steroid dienone is 2. The Morgan fingerprint density at radius 1 is 1.56 bits per heavy atom. The molecule has 5 unspecified atom stereocenters. The third kappa shape index (κ3) is 2.28. The largest absolute Gasteiger partial charge is 0.382 e. The lowest BCUT2D eigenvalue weighted by atomic mass is 9.87. The molecule has 0 spiro atoms. The highest BCUT2D eigenvalue weighted by Crippen LogP contribution is 2.44. The molecule has 4 heteroatoms. The van der Waals surface area contributed by atoms with Crippen molar-refractivity contribution in [2.45, 2.75) is 31.9 Å². The first-order chi connectivity index (χ1) is 7.58. The van der Waals surface area contributed by atoms with Gasteiger partial charge in [-0.1, -0.05) is 12.2 Å². The first-order valence-electron chi connectivity index (χ1n) is 5.97. The molecule has 0 aromatic rings. The van der Waals surface area contributed by atoms with E-state index in [1.54, 1.807) is 0 Å². The molecule has 1 saturated carbocycles. The fraction of sp³-hybridized carbons (Fsp3) is 0.750. The minimum absolute atomic E-state index is 0.258. The predicted molar refractivity (Wildman–Crippen MR) is 61.5 cm³/mol. The molecule has 2 aliphatic rings. The lowest BCUT2D eigenvalue weighted by Crippen LogP contribution is -2.44. The Morgan fingerprint density at radius 3 is 2.81 bits per heavy atom. The van der Waals surface area contributed by atoms with Gasteiger partial charge in [0.05, 0.1) is 0 Å². The van der Waals surface area contributed by atoms with E-state index < -0.39 is 12.0 Å². The number of rotatable bonds is 5. The van der Waals surface area contributed by atoms with Crippen LogP contribution in [0.2, 0.25) is 0 Å². The summed E-state index contributed by atoms with van der Waals surface area (Å²) in [5, 5.41) is 12.5. The Balaban J connectivity index is 1.78. The molecule has 2 bridgehead atoms. The first kappa shape index (κ1) is 11.6. The van der Waals surface area contributed by atoms with Crippen molar-refractivity contribution in [1.82, 2.24) is 5.32 Å². The van der Waals surface area contributed by atoms with Gasteiger partial charge >= 0.3 is 0 Å². The van der Waals surface area contributed by atoms with Crippen molar-refractivity contribution in [3.05, 3.63) is 12.2 Å². The predicted octanol–water partition coefficient (Wildman–Crippen LogP) is 0.0229. The van der Waals surface area contributed by atoms with E-state index >= 15 is 0 Å². The van der Waals surface area contributed by atoms with Crippen LogP contribution in [0.5, 0.6) is 0 Å². The van der Waals surface area contributed by atoms with E-state index in [0.717, 1.165) is 5.92 Å². The second-order valence-corrected chi connectivity index (χ2v) is 5.06. The number of nitrogens with one attached hydrogen (secondary N) is 1. The van der Waals surface area contributed by atoms with E-state index in [1.807, 2.05) is 0 Å². The van der Waals surface area contributed by atoms with Gasteiger partial charge in [-0.3, -0.25) is 4.79 Å². The monoisotopic (exact) mass is 224 g/mol. The summed E-state index contributed by atoms with van der Waals surface area (Å²) >= 11 is 0. The molecule has 0 aromatic carbocycles. The van der Waals surface area contributed by atoms with Crippen LogP contribution < -0.4 is 11.1 Å². The van der Waals surface area contributed by atoms with E-state index in [9.17, 15) is 9.90 Å². The Hall–Kier alpha value is -0.870. The summed E-state index contributed by atoms with van der Waals surface area (Å²) in [6, 6.07) is 0.328. The van der Waals surface area contributed by atoms with Crippen molar-refractivity contribution < 1.29 is 9.90 Å². The van der Waals surface area contributed by atoms with Gasteiger partial charge in [0.25, 0.3) is 0 Å². The average Bonchev–Trinajstić information content (AvgIpc) is 2.86. The molecule has 0 radical (unpaired) electrons. The van der Waals surface area contributed by atoms with Crippen molar-refractivity contribution in [3.63, 3.8) is 0 Å². The molecule has 16 heavy (non-hydrogen) atoms. The van der Waals surface area contributed by atoms with E-state index in [1.165, 1.54) is 12.8 Å². The van der Waals surface area contributed by atoms with Crippen molar-refractivity contribution >= 4 is 5.91 Å². The van der Waals surface area contributed by atoms with Gasteiger partial charge < -0.3 is 16.2 Å². The number of hydrogen-bond donors (Lipinski definition) is 3. The van der Waals surface area contributed by atoms with Crippen molar-refractivity contribution in [2.24, 2.45) is 23.5 Å². The van der Waals surface area contributed by atoms with Crippen LogP contribution in [0.3, 0.4) is 0 Å². The van der Waals surface area contributed by atoms with Gasteiger partial charge in [-0.05, 0) is 37.5 Å². The van der Waals surface area contributed by atoms with Gasteiger partial charge in [-0.15, -0.1) is 0 Å². The quantitative estimate of drug-likeness (QED) is 0.576. The number of aliphatic hydroxyl groups excluding tert-OH is 1. The number of aliphatic hydroxyl groups is 1. The summed E-state index contributed by atoms with van der Waals surface area (Å²) in [5.41, 5.74) is 5.00. The average molecular weight is 224 g/mol. The fourth-order valence-electron chi connectivity index (χ4n) is 2.95. The summed E-state index contributed by atoms with van der Waals surface area (Å²) in [7, 11) is 0. The molecule has 1 fully saturated rings. The second-order valence-electron chi connectivity index (χ2n) is 5.06. The van der Waals surface area contributed by atoms with Gasteiger partial charge in [0.15, 0.2) is 0 Å². The minimum atomic E-state index is -1.07. The third-order valence-electron chi connectivity index (χ3n) is 3.93. The second kappa shape index (κ2) is 4.55. The van der Waals surface area contributed by atoms with Gasteiger partial charge in [0, 0.05) is 12.6 Å². The minimum Gasteiger partial charge on any atom is -0.382 e. The van der Waals surface area contributed by atoms with Crippen LogP contribution in [0, 0.1) is 17.8 Å². The number of carbonyl (C=O) groups excluding carboxylic acids is 1. The molecule has 1 amide bonds. The topological polar surface area (TPSA) is 75.3 Å². The zero-order valence-corrected chi connectivity index (χ0v) is 9.60. The molecular formula is C12H20N2O2. The van der Waals surface area contributed by atoms with Crippen molar-refractivity contribution in [3.8, 4) is 0 Å². The molecule has 5 atom stereocenters. The highest BCUT2D eigenvalue weighted by Gasteiger charge is 2.38. The maximum atomic E-state index is 10.7. The number of primary amides is 1. The van der Waals surface area contributed by atoms with E-state index in [0.29, 0.717) is 17.9 Å². The molecule has 4 N–H and O–H groups in total. The molecule has 0 aliphatic heterocycles. The molecule has 90 valence electrons. The van der Waals surface area contributed by atoms with E-state index in [2.05, 4.69) is 24.4 Å². The number of fused-ring (bicyclic) bond motifs is 2. The normalized spacial score (nSPS) is 35.2. The Labute approximate surface area is 95.9 Å². The first-order valence-corrected chi connectivity index (χ1v) is 5.97. The van der Waals surface area contributed by atoms with Crippen LogP contribution in [-0.2, 0) is 4.79 Å². The van der Waals surface area contributed by atoms with E-state index in [4.69, 9.17) is 5.73 Å². The Morgan fingerprint density at radius 2 is 2.31 bits per heavy atom. The van der Waals surface area contributed by atoms with Crippen LogP contribution >= 0.6 is 0 Å². The van der Waals surface area contributed by atoms with Crippen LogP contribution in [0.15, 0.2) is 12.2 Å². The van der Waals surface area contributed by atoms with Crippen molar-refractivity contribution in [1.29, 1.82) is 0 Å². The Kier molecular flexibility index (Phi) is 3.30. The van der Waals surface area contributed by atoms with Crippen LogP contribution in [0.1, 0.15) is 19.8 Å². The summed E-state index contributed by atoms with van der Waals surface area (Å²) < 4.78 is 0. The molecule has 4 nitrogen and oxygen atoms in total. The molecule has 0 aromatic heterocycles. The number of amides is 1. The number of carbonyl (C=O) groups is 1. The highest BCUT2D eigenvalue weighted by molar-refractivity contribution is 5.78. The number of nitrogens with two attached hydrogens (primary N) is 1. The van der Waals surface area contributed by atoms with Gasteiger partial charge in [0.1, 0.15) is 6.10 Å². The molecule has 2 aliphatic carbocycles. The summed E-state index contributed by atoms with van der Waals surface area (Å²) in [6.45, 7) is 2.38. The summed E-state index contributed by atoms with van der Waals surface area (Å²) in [5.74, 6) is 1.40. The molecular weight excluding hydrogens is 204 g/mol. The fourth-order valence-corrected chi connectivity index (χ4v) is 2.95. The SMILES string of the molecule is CC(NCC(O)C(N)=O)C1CC2C=CC1C2. The lowest BCUT2D eigenvalue weighted by molar-refractivity contribution is -0.125. The zero-order valence-electron chi connectivity index (χ0n) is 9.60. The van der Waals surface area contributed by atoms with E-state index in [-0.39, 0.29) is 6.54 Å². The number of hydrogen-bond acceptors (Lipinski definition) is 3. The van der Waals surface area contributed by atoms with Crippen LogP contribution in [-0.4, -0.2) is 29.7 Å². The Bertz CT molecular complexity index is 303. The molecule has 2 rings (SSSR count). The summed E-state index contributed by atoms with van der Waals surface area (Å²) in [6.07, 6.45) is 6.04. The third-order valence-corrected chi connectivity index (χ3v) is 3.93. The highest BCUT2D eigenvalue weighted by atomic mass is 16.3. The molecule has 0 saturated heterocycles. The summed E-state index contributed by atoms with van der Waals surface area (Å²) in [4.78, 5) is 10.7. The van der Waals surface area contributed by atoms with Crippen LogP contribution in [0.4, 0.5) is 0 Å². The maximum Gasteiger partial charge on any atom is 0.247 e. The van der Waals surface area contributed by atoms with Gasteiger partial charge in [0.2, 0.25) is 5.91 Å². The van der Waals surface area contributed by atoms with Gasteiger partial charge in [-0.25, -0.2) is 0 Å². The van der Waals surface area contributed by atoms with Crippen molar-refractivity contribution in [2.75, 3.05) is 6.54 Å². The maximum absolute atomic E-state index is 10.7. The smallest absolute Gasteiger partial charge is 0.247 e. The zero-order chi connectivity index (χ0) is 11.7. The van der Waals surface area contributed by atoms with Gasteiger partial charge in [-0.2, -0.15) is 0 Å². The molecule has 0 heterocycles. The standard InChI is InChI=1S/C12H20N2O2/c1-7(14-6-11(15)12(13)16)10-5-8-2-3-9(10)4-8/h2-3,7-11,14-15H,4-6H2,1H3,(H2,13,16). The van der Waals surface area contributed by atoms with Crippen LogP contribution in [0.25, 0.3) is 0 Å². The lowest BCUT2D eigenvalue weighted by Gasteiger charge is -2.26.